The maximum absolute atomic E-state index is 13.2. The van der Waals surface area contributed by atoms with Gasteiger partial charge in [-0.05, 0) is 25.5 Å². The standard InChI is InChI=1S/C22H30F3N3O7/c1-3-32-21(31)35-15(2)34-19(29)5-4-8-27-18-13-17(22(23,24)25)7-6-16(18)14-33-20(30)28-11-9-26-10-12-28/h6-7,13,15,26-27H,3-5,8-12,14H2,1-2H3. The number of amides is 1. The number of anilines is 1. The van der Waals surface area contributed by atoms with Crippen molar-refractivity contribution in [3.8, 4) is 0 Å². The predicted molar refractivity (Wildman–Crippen MR) is 117 cm³/mol. The number of halogens is 3. The number of ether oxygens (including phenoxy) is 4. The maximum Gasteiger partial charge on any atom is 0.511 e. The molecule has 196 valence electrons. The van der Waals surface area contributed by atoms with Gasteiger partial charge >= 0.3 is 24.4 Å². The summed E-state index contributed by atoms with van der Waals surface area (Å²) in [6, 6.07) is 3.10. The van der Waals surface area contributed by atoms with Crippen molar-refractivity contribution in [2.75, 3.05) is 44.6 Å². The van der Waals surface area contributed by atoms with E-state index in [2.05, 4.69) is 15.4 Å². The summed E-state index contributed by atoms with van der Waals surface area (Å²) in [6.07, 6.45) is -7.05. The lowest BCUT2D eigenvalue weighted by atomic mass is 10.1. The van der Waals surface area contributed by atoms with E-state index in [0.717, 1.165) is 12.1 Å². The highest BCUT2D eigenvalue weighted by Gasteiger charge is 2.31. The van der Waals surface area contributed by atoms with Crippen LogP contribution >= 0.6 is 0 Å². The number of hydrogen-bond acceptors (Lipinski definition) is 9. The molecule has 1 saturated heterocycles. The number of nitrogens with zero attached hydrogens (tertiary/aromatic N) is 1. The first kappa shape index (κ1) is 28.0. The topological polar surface area (TPSA) is 115 Å². The lowest BCUT2D eigenvalue weighted by Gasteiger charge is -2.26. The van der Waals surface area contributed by atoms with Crippen LogP contribution in [0.2, 0.25) is 0 Å². The van der Waals surface area contributed by atoms with Crippen LogP contribution < -0.4 is 10.6 Å². The monoisotopic (exact) mass is 505 g/mol. The highest BCUT2D eigenvalue weighted by molar-refractivity contribution is 5.70. The lowest BCUT2D eigenvalue weighted by molar-refractivity contribution is -0.167. The number of rotatable bonds is 10. The molecule has 1 fully saturated rings. The summed E-state index contributed by atoms with van der Waals surface area (Å²) in [6.45, 7) is 5.22. The quantitative estimate of drug-likeness (QED) is 0.213. The van der Waals surface area contributed by atoms with Crippen LogP contribution in [0.25, 0.3) is 0 Å². The molecule has 1 aliphatic rings. The number of benzene rings is 1. The molecule has 0 radical (unpaired) electrons. The second-order valence-corrected chi connectivity index (χ2v) is 7.55. The van der Waals surface area contributed by atoms with Crippen molar-refractivity contribution in [1.82, 2.24) is 10.2 Å². The molecule has 1 aromatic carbocycles. The van der Waals surface area contributed by atoms with E-state index >= 15 is 0 Å². The molecule has 0 aromatic heterocycles. The summed E-state index contributed by atoms with van der Waals surface area (Å²) in [4.78, 5) is 36.8. The van der Waals surface area contributed by atoms with Crippen molar-refractivity contribution < 1.29 is 46.5 Å². The zero-order valence-corrected chi connectivity index (χ0v) is 19.6. The third-order valence-corrected chi connectivity index (χ3v) is 4.86. The van der Waals surface area contributed by atoms with E-state index in [-0.39, 0.29) is 38.3 Å². The summed E-state index contributed by atoms with van der Waals surface area (Å²) in [7, 11) is 0. The van der Waals surface area contributed by atoms with E-state index in [1.807, 2.05) is 0 Å². The summed E-state index contributed by atoms with van der Waals surface area (Å²) in [5, 5.41) is 5.97. The first-order chi connectivity index (χ1) is 16.6. The molecular formula is C22H30F3N3O7. The van der Waals surface area contributed by atoms with Crippen molar-refractivity contribution in [1.29, 1.82) is 0 Å². The zero-order chi connectivity index (χ0) is 25.8. The third-order valence-electron chi connectivity index (χ3n) is 4.86. The van der Waals surface area contributed by atoms with Crippen molar-refractivity contribution in [2.45, 2.75) is 45.8 Å². The average molecular weight is 505 g/mol. The normalized spacial score (nSPS) is 14.6. The van der Waals surface area contributed by atoms with Gasteiger partial charge in [-0.3, -0.25) is 4.79 Å². The van der Waals surface area contributed by atoms with Crippen LogP contribution in [0.15, 0.2) is 18.2 Å². The first-order valence-corrected chi connectivity index (χ1v) is 11.2. The van der Waals surface area contributed by atoms with Gasteiger partial charge in [0.2, 0.25) is 6.29 Å². The lowest BCUT2D eigenvalue weighted by Crippen LogP contribution is -2.46. The fraction of sp³-hybridized carbons (Fsp3) is 0.591. The Hall–Kier alpha value is -3.22. The zero-order valence-electron chi connectivity index (χ0n) is 19.6. The van der Waals surface area contributed by atoms with E-state index in [4.69, 9.17) is 14.2 Å². The predicted octanol–water partition coefficient (Wildman–Crippen LogP) is 3.50. The Kier molecular flexibility index (Phi) is 10.9. The number of carbonyl (C=O) groups excluding carboxylic acids is 3. The molecule has 1 unspecified atom stereocenters. The molecule has 13 heteroatoms. The van der Waals surface area contributed by atoms with Gasteiger partial charge in [-0.2, -0.15) is 13.2 Å². The summed E-state index contributed by atoms with van der Waals surface area (Å²) in [5.74, 6) is -0.655. The van der Waals surface area contributed by atoms with Crippen molar-refractivity contribution >= 4 is 23.9 Å². The summed E-state index contributed by atoms with van der Waals surface area (Å²) >= 11 is 0. The van der Waals surface area contributed by atoms with Gasteiger partial charge in [0.25, 0.3) is 0 Å². The Labute approximate surface area is 201 Å². The molecule has 0 saturated carbocycles. The SMILES string of the molecule is CCOC(=O)OC(C)OC(=O)CCCNc1cc(C(F)(F)F)ccc1COC(=O)N1CCNCC1. The van der Waals surface area contributed by atoms with Crippen LogP contribution in [-0.2, 0) is 36.5 Å². The van der Waals surface area contributed by atoms with E-state index in [9.17, 15) is 27.6 Å². The molecule has 0 bridgehead atoms. The van der Waals surface area contributed by atoms with E-state index in [1.165, 1.54) is 17.9 Å². The molecule has 0 spiro atoms. The molecular weight excluding hydrogens is 475 g/mol. The van der Waals surface area contributed by atoms with Gasteiger partial charge < -0.3 is 34.5 Å². The number of esters is 1. The molecule has 1 heterocycles. The van der Waals surface area contributed by atoms with Crippen LogP contribution in [0.3, 0.4) is 0 Å². The molecule has 1 aromatic rings. The molecule has 1 amide bonds. The molecule has 10 nitrogen and oxygen atoms in total. The third kappa shape index (κ3) is 9.89. The van der Waals surface area contributed by atoms with Gasteiger partial charge in [-0.15, -0.1) is 0 Å². The summed E-state index contributed by atoms with van der Waals surface area (Å²) in [5.41, 5.74) is -0.359. The van der Waals surface area contributed by atoms with E-state index in [0.29, 0.717) is 31.7 Å². The number of hydrogen-bond donors (Lipinski definition) is 2. The molecule has 2 rings (SSSR count). The highest BCUT2D eigenvalue weighted by atomic mass is 19.4. The minimum Gasteiger partial charge on any atom is -0.444 e. The first-order valence-electron chi connectivity index (χ1n) is 11.2. The molecule has 1 aliphatic heterocycles. The van der Waals surface area contributed by atoms with Crippen LogP contribution in [-0.4, -0.2) is 68.7 Å². The van der Waals surface area contributed by atoms with E-state index < -0.39 is 36.2 Å². The van der Waals surface area contributed by atoms with Gasteiger partial charge in [0.15, 0.2) is 0 Å². The fourth-order valence-corrected chi connectivity index (χ4v) is 3.13. The molecule has 1 atom stereocenters. The van der Waals surface area contributed by atoms with Crippen molar-refractivity contribution in [2.24, 2.45) is 0 Å². The molecule has 0 aliphatic carbocycles. The number of carbonyl (C=O) groups is 3. The van der Waals surface area contributed by atoms with E-state index in [1.54, 1.807) is 6.92 Å². The van der Waals surface area contributed by atoms with Crippen LogP contribution in [0.5, 0.6) is 0 Å². The Balaban J connectivity index is 1.89. The number of piperazine rings is 1. The Morgan fingerprint density at radius 3 is 2.51 bits per heavy atom. The van der Waals surface area contributed by atoms with Gasteiger partial charge in [0, 0.05) is 57.3 Å². The van der Waals surface area contributed by atoms with Gasteiger partial charge in [-0.25, -0.2) is 9.59 Å². The summed E-state index contributed by atoms with van der Waals surface area (Å²) < 4.78 is 59.0. The van der Waals surface area contributed by atoms with Gasteiger partial charge in [0.05, 0.1) is 12.2 Å². The smallest absolute Gasteiger partial charge is 0.444 e. The van der Waals surface area contributed by atoms with Crippen LogP contribution in [0, 0.1) is 0 Å². The maximum atomic E-state index is 13.2. The van der Waals surface area contributed by atoms with Crippen LogP contribution in [0.4, 0.5) is 28.4 Å². The second kappa shape index (κ2) is 13.6. The molecule has 35 heavy (non-hydrogen) atoms. The van der Waals surface area contributed by atoms with Crippen molar-refractivity contribution in [3.63, 3.8) is 0 Å². The largest absolute Gasteiger partial charge is 0.511 e. The Morgan fingerprint density at radius 2 is 1.86 bits per heavy atom. The molecule has 2 N–H and O–H groups in total. The van der Waals surface area contributed by atoms with Crippen LogP contribution in [0.1, 0.15) is 37.8 Å². The fourth-order valence-electron chi connectivity index (χ4n) is 3.13. The number of nitrogens with one attached hydrogen (secondary N) is 2. The number of alkyl halides is 3. The Morgan fingerprint density at radius 1 is 1.14 bits per heavy atom. The van der Waals surface area contributed by atoms with Gasteiger partial charge in [0.1, 0.15) is 6.61 Å². The second-order valence-electron chi connectivity index (χ2n) is 7.55. The van der Waals surface area contributed by atoms with Gasteiger partial charge in [-0.1, -0.05) is 6.07 Å². The minimum atomic E-state index is -4.55. The average Bonchev–Trinajstić information content (AvgIpc) is 2.80. The van der Waals surface area contributed by atoms with Crippen molar-refractivity contribution in [3.05, 3.63) is 29.3 Å². The highest BCUT2D eigenvalue weighted by Crippen LogP contribution is 2.32. The minimum absolute atomic E-state index is 0.0736. The Bertz CT molecular complexity index is 861.